The minimum atomic E-state index is -0.371. The minimum Gasteiger partial charge on any atom is -0.351 e. The summed E-state index contributed by atoms with van der Waals surface area (Å²) < 4.78 is 2.29. The van der Waals surface area contributed by atoms with Crippen LogP contribution in [-0.2, 0) is 30.7 Å². The van der Waals surface area contributed by atoms with Gasteiger partial charge in [0.05, 0.1) is 23.5 Å². The van der Waals surface area contributed by atoms with Crippen molar-refractivity contribution in [3.8, 4) is 10.6 Å². The van der Waals surface area contributed by atoms with E-state index in [2.05, 4.69) is 37.6 Å². The molecule has 0 atom stereocenters. The largest absolute Gasteiger partial charge is 0.351 e. The van der Waals surface area contributed by atoms with E-state index in [1.54, 1.807) is 22.7 Å². The van der Waals surface area contributed by atoms with E-state index >= 15 is 0 Å². The molecule has 0 spiro atoms. The summed E-state index contributed by atoms with van der Waals surface area (Å²) in [6, 6.07) is 4.16. The van der Waals surface area contributed by atoms with Crippen molar-refractivity contribution in [2.24, 2.45) is 5.41 Å². The Hall–Kier alpha value is -2.06. The molecule has 0 saturated heterocycles. The molecule has 3 aromatic heterocycles. The molecular weight excluding hydrogens is 402 g/mol. The highest BCUT2D eigenvalue weighted by Gasteiger charge is 2.21. The number of aromatic nitrogens is 4. The van der Waals surface area contributed by atoms with Gasteiger partial charge in [-0.05, 0) is 25.0 Å². The third-order valence-electron chi connectivity index (χ3n) is 5.07. The quantitative estimate of drug-likeness (QED) is 0.651. The molecule has 154 valence electrons. The standard InChI is InChI=1S/C21H27N5OS2/c1-21(2,3)20(27)22-12-14-8-9-16(29-14)15-13-28-19(23-15)11-18-25-24-17-7-5-4-6-10-26(17)18/h8-9,13H,4-7,10-12H2,1-3H3,(H,22,27). The Morgan fingerprint density at radius 1 is 1.21 bits per heavy atom. The van der Waals surface area contributed by atoms with Crippen LogP contribution in [0.4, 0.5) is 0 Å². The monoisotopic (exact) mass is 429 g/mol. The molecule has 8 heteroatoms. The van der Waals surface area contributed by atoms with E-state index in [0.717, 1.165) is 51.5 Å². The first-order chi connectivity index (χ1) is 13.9. The number of thiophene rings is 1. The van der Waals surface area contributed by atoms with Gasteiger partial charge in [0.1, 0.15) is 16.7 Å². The lowest BCUT2D eigenvalue weighted by Crippen LogP contribution is -2.34. The molecule has 4 heterocycles. The SMILES string of the molecule is CC(C)(C)C(=O)NCc1ccc(-c2csc(Cc3nnc4n3CCCCC4)n2)s1. The van der Waals surface area contributed by atoms with Gasteiger partial charge in [0.15, 0.2) is 0 Å². The van der Waals surface area contributed by atoms with Crippen molar-refractivity contribution in [2.45, 2.75) is 66.0 Å². The molecule has 0 unspecified atom stereocenters. The van der Waals surface area contributed by atoms with Crippen molar-refractivity contribution in [3.05, 3.63) is 39.0 Å². The average molecular weight is 430 g/mol. The first-order valence-electron chi connectivity index (χ1n) is 10.1. The molecule has 1 N–H and O–H groups in total. The molecule has 4 rings (SSSR count). The van der Waals surface area contributed by atoms with Gasteiger partial charge < -0.3 is 9.88 Å². The maximum atomic E-state index is 12.1. The summed E-state index contributed by atoms with van der Waals surface area (Å²) in [5.74, 6) is 2.21. The third kappa shape index (κ3) is 4.75. The molecule has 0 fully saturated rings. The second-order valence-corrected chi connectivity index (χ2v) is 10.6. The molecule has 6 nitrogen and oxygen atoms in total. The number of aryl methyl sites for hydroxylation is 1. The van der Waals surface area contributed by atoms with Crippen molar-refractivity contribution >= 4 is 28.6 Å². The van der Waals surface area contributed by atoms with Crippen LogP contribution in [0.1, 0.15) is 61.6 Å². The maximum Gasteiger partial charge on any atom is 0.225 e. The number of nitrogens with one attached hydrogen (secondary N) is 1. The number of fused-ring (bicyclic) bond motifs is 1. The van der Waals surface area contributed by atoms with Gasteiger partial charge >= 0.3 is 0 Å². The van der Waals surface area contributed by atoms with E-state index in [-0.39, 0.29) is 11.3 Å². The number of thiazole rings is 1. The molecule has 0 aliphatic carbocycles. The van der Waals surface area contributed by atoms with Crippen molar-refractivity contribution in [1.29, 1.82) is 0 Å². The lowest BCUT2D eigenvalue weighted by molar-refractivity contribution is -0.128. The maximum absolute atomic E-state index is 12.1. The number of carbonyl (C=O) groups is 1. The predicted octanol–water partition coefficient (Wildman–Crippen LogP) is 4.44. The van der Waals surface area contributed by atoms with Crippen molar-refractivity contribution in [3.63, 3.8) is 0 Å². The summed E-state index contributed by atoms with van der Waals surface area (Å²) in [5, 5.41) is 15.0. The number of nitrogens with zero attached hydrogens (tertiary/aromatic N) is 4. The zero-order chi connectivity index (χ0) is 20.4. The molecule has 0 saturated carbocycles. The number of amides is 1. The molecule has 1 aliphatic rings. The Morgan fingerprint density at radius 2 is 2.07 bits per heavy atom. The lowest BCUT2D eigenvalue weighted by atomic mass is 9.96. The predicted molar refractivity (Wildman–Crippen MR) is 117 cm³/mol. The Labute approximate surface area is 179 Å². The van der Waals surface area contributed by atoms with E-state index in [0.29, 0.717) is 6.54 Å². The Balaban J connectivity index is 1.42. The topological polar surface area (TPSA) is 72.7 Å². The van der Waals surface area contributed by atoms with Crippen LogP contribution in [0.15, 0.2) is 17.5 Å². The van der Waals surface area contributed by atoms with Gasteiger partial charge in [-0.25, -0.2) is 4.98 Å². The van der Waals surface area contributed by atoms with Crippen LogP contribution in [0.25, 0.3) is 10.6 Å². The molecule has 1 aliphatic heterocycles. The second-order valence-electron chi connectivity index (χ2n) is 8.50. The third-order valence-corrected chi connectivity index (χ3v) is 7.02. The number of hydrogen-bond acceptors (Lipinski definition) is 6. The highest BCUT2D eigenvalue weighted by molar-refractivity contribution is 7.16. The fraction of sp³-hybridized carbons (Fsp3) is 0.524. The summed E-state index contributed by atoms with van der Waals surface area (Å²) in [6.45, 7) is 7.35. The van der Waals surface area contributed by atoms with E-state index in [1.807, 2.05) is 20.8 Å². The summed E-state index contributed by atoms with van der Waals surface area (Å²) in [7, 11) is 0. The first-order valence-corrected chi connectivity index (χ1v) is 11.8. The summed E-state index contributed by atoms with van der Waals surface area (Å²) in [6.07, 6.45) is 5.43. The van der Waals surface area contributed by atoms with Gasteiger partial charge in [-0.1, -0.05) is 27.2 Å². The fourth-order valence-corrected chi connectivity index (χ4v) is 5.13. The smallest absolute Gasteiger partial charge is 0.225 e. The van der Waals surface area contributed by atoms with Crippen LogP contribution in [0.5, 0.6) is 0 Å². The number of carbonyl (C=O) groups excluding carboxylic acids is 1. The van der Waals surface area contributed by atoms with Crippen LogP contribution in [0, 0.1) is 5.41 Å². The second kappa shape index (κ2) is 8.36. The molecule has 0 bridgehead atoms. The Kier molecular flexibility index (Phi) is 5.83. The van der Waals surface area contributed by atoms with Crippen LogP contribution >= 0.6 is 22.7 Å². The molecular formula is C21H27N5OS2. The Morgan fingerprint density at radius 3 is 2.90 bits per heavy atom. The van der Waals surface area contributed by atoms with Gasteiger partial charge in [-0.15, -0.1) is 32.9 Å². The first kappa shape index (κ1) is 20.2. The van der Waals surface area contributed by atoms with E-state index in [1.165, 1.54) is 19.3 Å². The molecule has 1 amide bonds. The molecule has 3 aromatic rings. The van der Waals surface area contributed by atoms with Crippen molar-refractivity contribution in [2.75, 3.05) is 0 Å². The number of hydrogen-bond donors (Lipinski definition) is 1. The Bertz CT molecular complexity index is 995. The summed E-state index contributed by atoms with van der Waals surface area (Å²) in [4.78, 5) is 19.2. The zero-order valence-electron chi connectivity index (χ0n) is 17.2. The fourth-order valence-electron chi connectivity index (χ4n) is 3.36. The summed E-state index contributed by atoms with van der Waals surface area (Å²) >= 11 is 3.36. The minimum absolute atomic E-state index is 0.0656. The summed E-state index contributed by atoms with van der Waals surface area (Å²) in [5.41, 5.74) is 0.628. The van der Waals surface area contributed by atoms with Gasteiger partial charge in [0, 0.05) is 28.6 Å². The van der Waals surface area contributed by atoms with Crippen LogP contribution in [0.2, 0.25) is 0 Å². The zero-order valence-corrected chi connectivity index (χ0v) is 18.8. The molecule has 29 heavy (non-hydrogen) atoms. The van der Waals surface area contributed by atoms with E-state index < -0.39 is 0 Å². The van der Waals surface area contributed by atoms with Gasteiger partial charge in [0.25, 0.3) is 0 Å². The molecule has 0 aromatic carbocycles. The molecule has 0 radical (unpaired) electrons. The van der Waals surface area contributed by atoms with Crippen LogP contribution < -0.4 is 5.32 Å². The highest BCUT2D eigenvalue weighted by atomic mass is 32.1. The lowest BCUT2D eigenvalue weighted by Gasteiger charge is -2.17. The van der Waals surface area contributed by atoms with Crippen molar-refractivity contribution < 1.29 is 4.79 Å². The highest BCUT2D eigenvalue weighted by Crippen LogP contribution is 2.30. The number of rotatable bonds is 5. The van der Waals surface area contributed by atoms with Gasteiger partial charge in [-0.2, -0.15) is 0 Å². The van der Waals surface area contributed by atoms with E-state index in [9.17, 15) is 4.79 Å². The van der Waals surface area contributed by atoms with Crippen LogP contribution in [0.3, 0.4) is 0 Å². The average Bonchev–Trinajstić information content (AvgIpc) is 3.37. The van der Waals surface area contributed by atoms with Crippen LogP contribution in [-0.4, -0.2) is 25.7 Å². The van der Waals surface area contributed by atoms with Gasteiger partial charge in [0.2, 0.25) is 5.91 Å². The van der Waals surface area contributed by atoms with Crippen molar-refractivity contribution in [1.82, 2.24) is 25.1 Å². The normalized spacial score (nSPS) is 14.4. The van der Waals surface area contributed by atoms with E-state index in [4.69, 9.17) is 4.98 Å². The van der Waals surface area contributed by atoms with Gasteiger partial charge in [-0.3, -0.25) is 4.79 Å².